The molecule has 3 aromatic rings. The van der Waals surface area contributed by atoms with Gasteiger partial charge in [0.15, 0.2) is 5.82 Å². The molecule has 0 aliphatic rings. The van der Waals surface area contributed by atoms with Gasteiger partial charge >= 0.3 is 0 Å². The van der Waals surface area contributed by atoms with Crippen molar-refractivity contribution in [3.63, 3.8) is 0 Å². The van der Waals surface area contributed by atoms with Gasteiger partial charge in [-0.05, 0) is 24.3 Å². The van der Waals surface area contributed by atoms with Crippen molar-refractivity contribution in [3.05, 3.63) is 71.6 Å². The van der Waals surface area contributed by atoms with Crippen LogP contribution in [0.25, 0.3) is 11.3 Å². The molecule has 104 valence electrons. The van der Waals surface area contributed by atoms with Crippen LogP contribution in [0.15, 0.2) is 60.8 Å². The average molecular weight is 298 g/mol. The molecule has 0 unspecified atom stereocenters. The van der Waals surface area contributed by atoms with Gasteiger partial charge in [0.2, 0.25) is 0 Å². The van der Waals surface area contributed by atoms with Crippen molar-refractivity contribution in [2.75, 3.05) is 0 Å². The van der Waals surface area contributed by atoms with Crippen LogP contribution < -0.4 is 4.74 Å². The first-order valence-corrected chi connectivity index (χ1v) is 6.81. The predicted molar refractivity (Wildman–Crippen MR) is 81.0 cm³/mol. The number of benzene rings is 2. The van der Waals surface area contributed by atoms with Crippen LogP contribution in [0.3, 0.4) is 0 Å². The maximum Gasteiger partial charge on any atom is 0.188 e. The fourth-order valence-electron chi connectivity index (χ4n) is 1.78. The van der Waals surface area contributed by atoms with Crippen molar-refractivity contribution in [1.82, 2.24) is 15.2 Å². The van der Waals surface area contributed by atoms with Crippen LogP contribution in [-0.2, 0) is 6.61 Å². The minimum Gasteiger partial charge on any atom is -0.486 e. The first-order valence-electron chi connectivity index (χ1n) is 6.44. The Kier molecular flexibility index (Phi) is 4.07. The van der Waals surface area contributed by atoms with Crippen LogP contribution in [-0.4, -0.2) is 15.2 Å². The summed E-state index contributed by atoms with van der Waals surface area (Å²) < 4.78 is 5.57. The molecule has 21 heavy (non-hydrogen) atoms. The maximum absolute atomic E-state index is 5.86. The molecule has 0 saturated heterocycles. The second kappa shape index (κ2) is 6.33. The van der Waals surface area contributed by atoms with Crippen LogP contribution in [0.4, 0.5) is 0 Å². The van der Waals surface area contributed by atoms with Crippen LogP contribution in [0.2, 0.25) is 5.02 Å². The highest BCUT2D eigenvalue weighted by Crippen LogP contribution is 2.18. The first-order chi connectivity index (χ1) is 10.3. The molecule has 0 aliphatic heterocycles. The number of rotatable bonds is 4. The Labute approximate surface area is 127 Å². The zero-order valence-corrected chi connectivity index (χ0v) is 11.9. The Hall–Kier alpha value is -2.46. The van der Waals surface area contributed by atoms with Gasteiger partial charge in [0, 0.05) is 10.6 Å². The van der Waals surface area contributed by atoms with E-state index >= 15 is 0 Å². The third-order valence-electron chi connectivity index (χ3n) is 2.86. The molecule has 0 amide bonds. The van der Waals surface area contributed by atoms with E-state index in [-0.39, 0.29) is 6.61 Å². The van der Waals surface area contributed by atoms with Gasteiger partial charge in [-0.15, -0.1) is 10.2 Å². The molecule has 3 rings (SSSR count). The third kappa shape index (κ3) is 3.55. The lowest BCUT2D eigenvalue weighted by Gasteiger charge is -2.05. The minimum absolute atomic E-state index is 0.290. The number of nitrogens with zero attached hydrogens (tertiary/aromatic N) is 3. The molecule has 0 fully saturated rings. The van der Waals surface area contributed by atoms with Crippen molar-refractivity contribution in [1.29, 1.82) is 0 Å². The molecule has 0 atom stereocenters. The quantitative estimate of drug-likeness (QED) is 0.735. The number of ether oxygens (including phenoxy) is 1. The zero-order valence-electron chi connectivity index (χ0n) is 11.1. The monoisotopic (exact) mass is 297 g/mol. The van der Waals surface area contributed by atoms with E-state index in [0.717, 1.165) is 11.3 Å². The van der Waals surface area contributed by atoms with Crippen molar-refractivity contribution in [3.8, 4) is 17.0 Å². The zero-order chi connectivity index (χ0) is 14.5. The van der Waals surface area contributed by atoms with Gasteiger partial charge in [-0.2, -0.15) is 0 Å². The van der Waals surface area contributed by atoms with Crippen LogP contribution >= 0.6 is 11.6 Å². The third-order valence-corrected chi connectivity index (χ3v) is 3.11. The van der Waals surface area contributed by atoms with Gasteiger partial charge in [-0.1, -0.05) is 41.9 Å². The second-order valence-corrected chi connectivity index (χ2v) is 4.80. The lowest BCUT2D eigenvalue weighted by Crippen LogP contribution is -2.03. The lowest BCUT2D eigenvalue weighted by atomic mass is 10.2. The number of hydrogen-bond donors (Lipinski definition) is 0. The molecule has 4 nitrogen and oxygen atoms in total. The van der Waals surface area contributed by atoms with E-state index in [1.54, 1.807) is 6.20 Å². The van der Waals surface area contributed by atoms with Gasteiger partial charge in [-0.25, -0.2) is 4.98 Å². The van der Waals surface area contributed by atoms with Gasteiger partial charge in [0.1, 0.15) is 18.1 Å². The molecule has 0 saturated carbocycles. The van der Waals surface area contributed by atoms with E-state index in [0.29, 0.717) is 16.5 Å². The largest absolute Gasteiger partial charge is 0.486 e. The second-order valence-electron chi connectivity index (χ2n) is 4.37. The normalized spacial score (nSPS) is 10.3. The van der Waals surface area contributed by atoms with E-state index in [2.05, 4.69) is 15.2 Å². The van der Waals surface area contributed by atoms with E-state index in [9.17, 15) is 0 Å². The summed E-state index contributed by atoms with van der Waals surface area (Å²) in [5.74, 6) is 1.32. The predicted octanol–water partition coefficient (Wildman–Crippen LogP) is 3.77. The Morgan fingerprint density at radius 3 is 2.33 bits per heavy atom. The molecule has 1 heterocycles. The van der Waals surface area contributed by atoms with Crippen LogP contribution in [0.5, 0.6) is 5.75 Å². The summed E-state index contributed by atoms with van der Waals surface area (Å²) in [5, 5.41) is 8.92. The summed E-state index contributed by atoms with van der Waals surface area (Å²) >= 11 is 5.86. The van der Waals surface area contributed by atoms with E-state index in [1.807, 2.05) is 54.6 Å². The molecular formula is C16H12ClN3O. The van der Waals surface area contributed by atoms with Crippen LogP contribution in [0, 0.1) is 0 Å². The molecular weight excluding hydrogens is 286 g/mol. The van der Waals surface area contributed by atoms with E-state index < -0.39 is 0 Å². The summed E-state index contributed by atoms with van der Waals surface area (Å²) in [7, 11) is 0. The van der Waals surface area contributed by atoms with Crippen LogP contribution in [0.1, 0.15) is 5.82 Å². The lowest BCUT2D eigenvalue weighted by molar-refractivity contribution is 0.294. The summed E-state index contributed by atoms with van der Waals surface area (Å²) in [6.45, 7) is 0.290. The van der Waals surface area contributed by atoms with Gasteiger partial charge in [0.25, 0.3) is 0 Å². The average Bonchev–Trinajstić information content (AvgIpc) is 2.55. The standard InChI is InChI=1S/C16H12ClN3O/c17-13-8-6-12(7-9-13)15-10-18-16(20-19-15)11-21-14-4-2-1-3-5-14/h1-10H,11H2. The van der Waals surface area contributed by atoms with Gasteiger partial charge < -0.3 is 4.74 Å². The molecule has 5 heteroatoms. The molecule has 0 spiro atoms. The highest BCUT2D eigenvalue weighted by atomic mass is 35.5. The van der Waals surface area contributed by atoms with Crippen molar-refractivity contribution < 1.29 is 4.74 Å². The first kappa shape index (κ1) is 13.5. The summed E-state index contributed by atoms with van der Waals surface area (Å²) in [5.41, 5.74) is 1.63. The Bertz CT molecular complexity index is 700. The Morgan fingerprint density at radius 2 is 1.67 bits per heavy atom. The summed E-state index contributed by atoms with van der Waals surface area (Å²) in [4.78, 5) is 4.26. The summed E-state index contributed by atoms with van der Waals surface area (Å²) in [6, 6.07) is 16.9. The number of hydrogen-bond acceptors (Lipinski definition) is 4. The fraction of sp³-hybridized carbons (Fsp3) is 0.0625. The topological polar surface area (TPSA) is 47.9 Å². The van der Waals surface area contributed by atoms with E-state index in [4.69, 9.17) is 16.3 Å². The molecule has 0 radical (unpaired) electrons. The van der Waals surface area contributed by atoms with Crippen molar-refractivity contribution in [2.24, 2.45) is 0 Å². The van der Waals surface area contributed by atoms with E-state index in [1.165, 1.54) is 0 Å². The Morgan fingerprint density at radius 1 is 0.905 bits per heavy atom. The summed E-state index contributed by atoms with van der Waals surface area (Å²) in [6.07, 6.45) is 1.68. The maximum atomic E-state index is 5.86. The van der Waals surface area contributed by atoms with Gasteiger partial charge in [0.05, 0.1) is 6.20 Å². The Balaban J connectivity index is 1.68. The van der Waals surface area contributed by atoms with Crippen molar-refractivity contribution in [2.45, 2.75) is 6.61 Å². The van der Waals surface area contributed by atoms with Crippen molar-refractivity contribution >= 4 is 11.6 Å². The number of para-hydroxylation sites is 1. The molecule has 0 aliphatic carbocycles. The smallest absolute Gasteiger partial charge is 0.188 e. The minimum atomic E-state index is 0.290. The highest BCUT2D eigenvalue weighted by Gasteiger charge is 2.03. The SMILES string of the molecule is Clc1ccc(-c2cnc(COc3ccccc3)nn2)cc1. The highest BCUT2D eigenvalue weighted by molar-refractivity contribution is 6.30. The fourth-order valence-corrected chi connectivity index (χ4v) is 1.91. The molecule has 0 bridgehead atoms. The number of halogens is 1. The number of aromatic nitrogens is 3. The molecule has 2 aromatic carbocycles. The van der Waals surface area contributed by atoms with Gasteiger partial charge in [-0.3, -0.25) is 0 Å². The molecule has 1 aromatic heterocycles. The molecule has 0 N–H and O–H groups in total.